The molecule has 0 aromatic heterocycles. The molecule has 0 bridgehead atoms. The molecule has 1 fully saturated rings. The highest BCUT2D eigenvalue weighted by atomic mass is 31.2. The number of nitrogens with zero attached hydrogens (tertiary/aromatic N) is 1. The van der Waals surface area contributed by atoms with E-state index in [-0.39, 0.29) is 23.7 Å². The van der Waals surface area contributed by atoms with Crippen molar-refractivity contribution < 1.29 is 38.2 Å². The van der Waals surface area contributed by atoms with Crippen LogP contribution < -0.4 is 0 Å². The van der Waals surface area contributed by atoms with Crippen LogP contribution in [0.4, 0.5) is 0 Å². The number of likely N-dealkylation sites (N-methyl/N-ethyl adjacent to an activating group) is 1. The van der Waals surface area contributed by atoms with Gasteiger partial charge in [0.1, 0.15) is 12.6 Å². The Morgan fingerprint density at radius 1 is 0.778 bits per heavy atom. The van der Waals surface area contributed by atoms with E-state index in [1.165, 1.54) is 89.9 Å². The standard InChI is InChI=1S/C27H56NO7P/c1-5-6-7-8-9-10-11-12-13-14-15-16-17-18-19-20-25-21-34-26(22-33-25)23-35-27(29,36(30,31)32)24-28(2,3)4/h25-26,29H,5-24H2,1-4H3,(H-,30,31,32)/p+1. The number of hydrogen-bond donors (Lipinski definition) is 3. The van der Waals surface area contributed by atoms with Crippen molar-refractivity contribution in [3.05, 3.63) is 0 Å². The summed E-state index contributed by atoms with van der Waals surface area (Å²) in [5, 5.41) is 10.5. The molecule has 8 nitrogen and oxygen atoms in total. The van der Waals surface area contributed by atoms with Crippen molar-refractivity contribution >= 4 is 7.60 Å². The number of aliphatic hydroxyl groups is 1. The van der Waals surface area contributed by atoms with Gasteiger partial charge in [-0.05, 0) is 6.42 Å². The summed E-state index contributed by atoms with van der Waals surface area (Å²) >= 11 is 0. The average Bonchev–Trinajstić information content (AvgIpc) is 2.79. The molecular weight excluding hydrogens is 481 g/mol. The zero-order chi connectivity index (χ0) is 26.9. The first-order valence-electron chi connectivity index (χ1n) is 14.4. The minimum atomic E-state index is -4.88. The summed E-state index contributed by atoms with van der Waals surface area (Å²) in [6, 6.07) is 0. The Morgan fingerprint density at radius 2 is 1.19 bits per heavy atom. The van der Waals surface area contributed by atoms with Crippen molar-refractivity contribution in [1.82, 2.24) is 0 Å². The highest BCUT2D eigenvalue weighted by Crippen LogP contribution is 2.50. The molecule has 0 radical (unpaired) electrons. The normalized spacial score (nSPS) is 21.0. The largest absolute Gasteiger partial charge is 0.390 e. The lowest BCUT2D eigenvalue weighted by molar-refractivity contribution is -0.878. The molecule has 0 saturated carbocycles. The Bertz CT molecular complexity index is 587. The van der Waals surface area contributed by atoms with Crippen molar-refractivity contribution in [3.8, 4) is 0 Å². The van der Waals surface area contributed by atoms with Gasteiger partial charge in [-0.2, -0.15) is 0 Å². The molecule has 1 rings (SSSR count). The van der Waals surface area contributed by atoms with Gasteiger partial charge in [-0.15, -0.1) is 0 Å². The summed E-state index contributed by atoms with van der Waals surface area (Å²) in [7, 11) is 0.304. The number of rotatable bonds is 22. The Kier molecular flexibility index (Phi) is 17.2. The van der Waals surface area contributed by atoms with Crippen molar-refractivity contribution in [2.24, 2.45) is 0 Å². The first kappa shape index (κ1) is 34.0. The molecule has 3 N–H and O–H groups in total. The molecular formula is C27H57NO7P+. The van der Waals surface area contributed by atoms with E-state index in [9.17, 15) is 19.5 Å². The van der Waals surface area contributed by atoms with Gasteiger partial charge in [0.15, 0.2) is 0 Å². The summed E-state index contributed by atoms with van der Waals surface area (Å²) in [5.41, 5.74) is -2.54. The van der Waals surface area contributed by atoms with E-state index < -0.39 is 19.2 Å². The van der Waals surface area contributed by atoms with Gasteiger partial charge in [0.25, 0.3) is 0 Å². The van der Waals surface area contributed by atoms with Crippen molar-refractivity contribution in [3.63, 3.8) is 0 Å². The van der Waals surface area contributed by atoms with E-state index in [1.54, 1.807) is 21.1 Å². The number of unbranched alkanes of at least 4 members (excludes halogenated alkanes) is 14. The predicted octanol–water partition coefficient (Wildman–Crippen LogP) is 5.58. The van der Waals surface area contributed by atoms with Crippen molar-refractivity contribution in [1.29, 1.82) is 0 Å². The maximum atomic E-state index is 11.8. The Hall–Kier alpha value is -0.0500. The van der Waals surface area contributed by atoms with Gasteiger partial charge in [-0.1, -0.05) is 103 Å². The zero-order valence-corrected chi connectivity index (χ0v) is 24.6. The minimum Gasteiger partial charge on any atom is -0.373 e. The summed E-state index contributed by atoms with van der Waals surface area (Å²) < 4.78 is 28.9. The topological polar surface area (TPSA) is 105 Å². The smallest absolute Gasteiger partial charge is 0.373 e. The van der Waals surface area contributed by atoms with E-state index in [1.807, 2.05) is 0 Å². The molecule has 0 aliphatic carbocycles. The molecule has 0 spiro atoms. The molecule has 1 aliphatic heterocycles. The fourth-order valence-electron chi connectivity index (χ4n) is 4.66. The lowest BCUT2D eigenvalue weighted by Crippen LogP contribution is -2.52. The molecule has 1 saturated heterocycles. The molecule has 3 unspecified atom stereocenters. The predicted molar refractivity (Wildman–Crippen MR) is 145 cm³/mol. The number of hydrogen-bond acceptors (Lipinski definition) is 5. The maximum Gasteiger partial charge on any atom is 0.390 e. The minimum absolute atomic E-state index is 0.0510. The maximum absolute atomic E-state index is 11.8. The zero-order valence-electron chi connectivity index (χ0n) is 23.7. The fraction of sp³-hybridized carbons (Fsp3) is 1.00. The second-order valence-electron chi connectivity index (χ2n) is 11.7. The third kappa shape index (κ3) is 16.0. The van der Waals surface area contributed by atoms with E-state index in [4.69, 9.17) is 14.2 Å². The van der Waals surface area contributed by atoms with Crippen LogP contribution in [0, 0.1) is 0 Å². The Labute approximate surface area is 220 Å². The second kappa shape index (κ2) is 18.3. The third-order valence-corrected chi connectivity index (χ3v) is 7.98. The van der Waals surface area contributed by atoms with E-state index in [2.05, 4.69) is 6.92 Å². The van der Waals surface area contributed by atoms with E-state index in [0.717, 1.165) is 12.8 Å². The molecule has 1 heterocycles. The molecule has 0 amide bonds. The summed E-state index contributed by atoms with van der Waals surface area (Å²) in [5.74, 6) is 0. The first-order chi connectivity index (χ1) is 17.0. The van der Waals surface area contributed by atoms with Gasteiger partial charge in [0.2, 0.25) is 0 Å². The molecule has 3 atom stereocenters. The highest BCUT2D eigenvalue weighted by molar-refractivity contribution is 7.53. The quantitative estimate of drug-likeness (QED) is 0.0715. The van der Waals surface area contributed by atoms with Crippen LogP contribution in [0.15, 0.2) is 0 Å². The lowest BCUT2D eigenvalue weighted by Gasteiger charge is -2.36. The molecule has 0 aromatic carbocycles. The van der Waals surface area contributed by atoms with Crippen LogP contribution in [0.5, 0.6) is 0 Å². The van der Waals surface area contributed by atoms with Crippen molar-refractivity contribution in [2.45, 2.75) is 127 Å². The summed E-state index contributed by atoms with van der Waals surface area (Å²) in [6.07, 6.45) is 20.8. The first-order valence-corrected chi connectivity index (χ1v) is 16.0. The summed E-state index contributed by atoms with van der Waals surface area (Å²) in [4.78, 5) is 19.2. The van der Waals surface area contributed by atoms with Gasteiger partial charge in [0, 0.05) is 0 Å². The average molecular weight is 539 g/mol. The van der Waals surface area contributed by atoms with Crippen LogP contribution in [0.2, 0.25) is 0 Å². The van der Waals surface area contributed by atoms with Crippen LogP contribution in [0.25, 0.3) is 0 Å². The van der Waals surface area contributed by atoms with E-state index in [0.29, 0.717) is 13.2 Å². The Morgan fingerprint density at radius 3 is 1.58 bits per heavy atom. The number of ether oxygens (including phenoxy) is 3. The molecule has 0 aromatic rings. The molecule has 216 valence electrons. The fourth-order valence-corrected chi connectivity index (χ4v) is 5.51. The molecule has 1 aliphatic rings. The lowest BCUT2D eigenvalue weighted by atomic mass is 10.0. The van der Waals surface area contributed by atoms with Crippen LogP contribution in [-0.2, 0) is 18.8 Å². The van der Waals surface area contributed by atoms with Crippen molar-refractivity contribution in [2.75, 3.05) is 47.5 Å². The van der Waals surface area contributed by atoms with Gasteiger partial charge in [0.05, 0.1) is 47.1 Å². The third-order valence-electron chi connectivity index (χ3n) is 6.80. The SMILES string of the molecule is CCCCCCCCCCCCCCCCCC1COC(COC(O)(C[N+](C)(C)C)P(=O)(O)O)CO1. The van der Waals surface area contributed by atoms with Gasteiger partial charge >= 0.3 is 13.1 Å². The molecule has 36 heavy (non-hydrogen) atoms. The second-order valence-corrected chi connectivity index (χ2v) is 13.5. The van der Waals surface area contributed by atoms with Gasteiger partial charge in [-0.25, -0.2) is 0 Å². The highest BCUT2D eigenvalue weighted by Gasteiger charge is 2.51. The molecule has 9 heteroatoms. The number of quaternary nitrogens is 1. The summed E-state index contributed by atoms with van der Waals surface area (Å²) in [6.45, 7) is 2.63. The van der Waals surface area contributed by atoms with Gasteiger partial charge in [-0.3, -0.25) is 4.57 Å². The van der Waals surface area contributed by atoms with Crippen LogP contribution in [-0.4, -0.2) is 84.6 Å². The van der Waals surface area contributed by atoms with Crippen LogP contribution in [0.3, 0.4) is 0 Å². The van der Waals surface area contributed by atoms with Gasteiger partial charge < -0.3 is 33.6 Å². The van der Waals surface area contributed by atoms with Crippen LogP contribution >= 0.6 is 7.60 Å². The van der Waals surface area contributed by atoms with E-state index >= 15 is 0 Å². The monoisotopic (exact) mass is 538 g/mol. The Balaban J connectivity index is 2.02. The van der Waals surface area contributed by atoms with Crippen LogP contribution in [0.1, 0.15) is 110 Å².